The first-order valence-corrected chi connectivity index (χ1v) is 10.7. The van der Waals surface area contributed by atoms with Crippen LogP contribution in [-0.2, 0) is 12.8 Å². The fourth-order valence-corrected chi connectivity index (χ4v) is 5.56. The molecule has 5 rings (SSSR count). The SMILES string of the molecule is c1cc2c(c(C3CCCCC3)c1)CC(c1nocc1N1CCCC1)CC2. The highest BCUT2D eigenvalue weighted by atomic mass is 16.5. The maximum Gasteiger partial charge on any atom is 0.147 e. The third-order valence-corrected chi connectivity index (χ3v) is 6.98. The summed E-state index contributed by atoms with van der Waals surface area (Å²) in [4.78, 5) is 2.48. The van der Waals surface area contributed by atoms with Crippen molar-refractivity contribution in [3.63, 3.8) is 0 Å². The number of aromatic nitrogens is 1. The minimum Gasteiger partial charge on any atom is -0.367 e. The van der Waals surface area contributed by atoms with E-state index in [-0.39, 0.29) is 0 Å². The molecule has 3 heteroatoms. The molecule has 3 nitrogen and oxygen atoms in total. The third-order valence-electron chi connectivity index (χ3n) is 6.98. The summed E-state index contributed by atoms with van der Waals surface area (Å²) in [6, 6.07) is 7.08. The first-order chi connectivity index (χ1) is 12.9. The van der Waals surface area contributed by atoms with Crippen LogP contribution in [0.3, 0.4) is 0 Å². The van der Waals surface area contributed by atoms with E-state index in [0.29, 0.717) is 5.92 Å². The lowest BCUT2D eigenvalue weighted by Crippen LogP contribution is -2.22. The van der Waals surface area contributed by atoms with Crippen LogP contribution in [0.4, 0.5) is 5.69 Å². The summed E-state index contributed by atoms with van der Waals surface area (Å²) in [5.74, 6) is 1.30. The molecule has 1 unspecified atom stereocenters. The van der Waals surface area contributed by atoms with E-state index in [1.165, 1.54) is 69.2 Å². The number of anilines is 1. The summed E-state index contributed by atoms with van der Waals surface area (Å²) in [5.41, 5.74) is 7.38. The normalized spacial score (nSPS) is 24.0. The molecule has 2 heterocycles. The van der Waals surface area contributed by atoms with Crippen molar-refractivity contribution in [2.24, 2.45) is 0 Å². The van der Waals surface area contributed by atoms with Crippen LogP contribution >= 0.6 is 0 Å². The monoisotopic (exact) mass is 350 g/mol. The Morgan fingerprint density at radius 2 is 1.77 bits per heavy atom. The molecule has 1 aromatic heterocycles. The Bertz CT molecular complexity index is 753. The van der Waals surface area contributed by atoms with Crippen LogP contribution in [0, 0.1) is 0 Å². The highest BCUT2D eigenvalue weighted by Crippen LogP contribution is 2.42. The molecule has 1 atom stereocenters. The van der Waals surface area contributed by atoms with Crippen molar-refractivity contribution in [1.82, 2.24) is 5.16 Å². The Balaban J connectivity index is 1.44. The largest absolute Gasteiger partial charge is 0.367 e. The van der Waals surface area contributed by atoms with E-state index in [9.17, 15) is 0 Å². The average molecular weight is 351 g/mol. The summed E-state index contributed by atoms with van der Waals surface area (Å²) in [7, 11) is 0. The second kappa shape index (κ2) is 7.09. The molecule has 0 spiro atoms. The Labute approximate surface area is 156 Å². The van der Waals surface area contributed by atoms with E-state index in [1.54, 1.807) is 16.7 Å². The summed E-state index contributed by atoms with van der Waals surface area (Å²) >= 11 is 0. The highest BCUT2D eigenvalue weighted by Gasteiger charge is 2.30. The quantitative estimate of drug-likeness (QED) is 0.722. The molecule has 2 aliphatic carbocycles. The Kier molecular flexibility index (Phi) is 4.48. The number of aryl methyl sites for hydroxylation is 1. The van der Waals surface area contributed by atoms with Crippen molar-refractivity contribution in [3.05, 3.63) is 46.8 Å². The number of rotatable bonds is 3. The van der Waals surface area contributed by atoms with Gasteiger partial charge in [-0.15, -0.1) is 0 Å². The van der Waals surface area contributed by atoms with Crippen LogP contribution in [0.1, 0.15) is 85.6 Å². The van der Waals surface area contributed by atoms with Crippen LogP contribution < -0.4 is 4.90 Å². The molecule has 0 bridgehead atoms. The second-order valence-electron chi connectivity index (χ2n) is 8.54. The minimum absolute atomic E-state index is 0.515. The molecule has 2 fully saturated rings. The maximum atomic E-state index is 5.45. The molecular weight excluding hydrogens is 320 g/mol. The van der Waals surface area contributed by atoms with Gasteiger partial charge in [0.15, 0.2) is 0 Å². The Morgan fingerprint density at radius 1 is 0.923 bits per heavy atom. The van der Waals surface area contributed by atoms with Gasteiger partial charge in [-0.2, -0.15) is 0 Å². The van der Waals surface area contributed by atoms with E-state index in [4.69, 9.17) is 4.52 Å². The fourth-order valence-electron chi connectivity index (χ4n) is 5.56. The number of benzene rings is 1. The predicted octanol–water partition coefficient (Wildman–Crippen LogP) is 5.60. The van der Waals surface area contributed by atoms with Gasteiger partial charge in [0.05, 0.1) is 0 Å². The lowest BCUT2D eigenvalue weighted by atomic mass is 9.74. The molecule has 1 saturated carbocycles. The van der Waals surface area contributed by atoms with Crippen molar-refractivity contribution >= 4 is 5.69 Å². The van der Waals surface area contributed by atoms with Crippen molar-refractivity contribution in [3.8, 4) is 0 Å². The van der Waals surface area contributed by atoms with Crippen molar-refractivity contribution in [1.29, 1.82) is 0 Å². The fraction of sp³-hybridized carbons (Fsp3) is 0.609. The van der Waals surface area contributed by atoms with E-state index >= 15 is 0 Å². The highest BCUT2D eigenvalue weighted by molar-refractivity contribution is 5.52. The van der Waals surface area contributed by atoms with Crippen LogP contribution in [0.15, 0.2) is 29.0 Å². The number of nitrogens with zero attached hydrogens (tertiary/aromatic N) is 2. The topological polar surface area (TPSA) is 29.3 Å². The van der Waals surface area contributed by atoms with Crippen LogP contribution in [-0.4, -0.2) is 18.2 Å². The van der Waals surface area contributed by atoms with Crippen molar-refractivity contribution < 1.29 is 4.52 Å². The molecule has 1 saturated heterocycles. The van der Waals surface area contributed by atoms with Crippen molar-refractivity contribution in [2.45, 2.75) is 76.0 Å². The van der Waals surface area contributed by atoms with Gasteiger partial charge in [0, 0.05) is 19.0 Å². The standard InChI is InChI=1S/C23H30N2O/c1-2-7-17(8-3-1)20-10-6-9-18-11-12-19(15-21(18)20)23-22(16-26-24-23)25-13-4-5-14-25/h6,9-10,16-17,19H,1-5,7-8,11-15H2. The first-order valence-electron chi connectivity index (χ1n) is 10.7. The van der Waals surface area contributed by atoms with Gasteiger partial charge < -0.3 is 9.42 Å². The molecule has 3 aliphatic rings. The van der Waals surface area contributed by atoms with Gasteiger partial charge in [-0.1, -0.05) is 42.6 Å². The zero-order valence-corrected chi connectivity index (χ0v) is 15.8. The predicted molar refractivity (Wildman–Crippen MR) is 105 cm³/mol. The third kappa shape index (κ3) is 2.95. The first kappa shape index (κ1) is 16.4. The second-order valence-corrected chi connectivity index (χ2v) is 8.54. The van der Waals surface area contributed by atoms with E-state index < -0.39 is 0 Å². The van der Waals surface area contributed by atoms with Gasteiger partial charge in [-0.05, 0) is 67.6 Å². The zero-order valence-electron chi connectivity index (χ0n) is 15.8. The molecule has 0 radical (unpaired) electrons. The van der Waals surface area contributed by atoms with E-state index in [0.717, 1.165) is 25.4 Å². The van der Waals surface area contributed by atoms with Crippen LogP contribution in [0.5, 0.6) is 0 Å². The number of fused-ring (bicyclic) bond motifs is 1. The summed E-state index contributed by atoms with van der Waals surface area (Å²) in [6.45, 7) is 2.32. The summed E-state index contributed by atoms with van der Waals surface area (Å²) in [6.07, 6.45) is 15.0. The average Bonchev–Trinajstić information content (AvgIpc) is 3.39. The minimum atomic E-state index is 0.515. The van der Waals surface area contributed by atoms with Gasteiger partial charge in [0.2, 0.25) is 0 Å². The summed E-state index contributed by atoms with van der Waals surface area (Å²) < 4.78 is 5.45. The van der Waals surface area contributed by atoms with Crippen molar-refractivity contribution in [2.75, 3.05) is 18.0 Å². The summed E-state index contributed by atoms with van der Waals surface area (Å²) in [5, 5.41) is 4.48. The van der Waals surface area contributed by atoms with Gasteiger partial charge in [0.1, 0.15) is 17.6 Å². The maximum absolute atomic E-state index is 5.45. The van der Waals surface area contributed by atoms with E-state index in [1.807, 2.05) is 6.26 Å². The molecule has 26 heavy (non-hydrogen) atoms. The van der Waals surface area contributed by atoms with Gasteiger partial charge in [-0.25, -0.2) is 0 Å². The molecule has 0 amide bonds. The van der Waals surface area contributed by atoms with Gasteiger partial charge in [0.25, 0.3) is 0 Å². The van der Waals surface area contributed by atoms with Crippen LogP contribution in [0.25, 0.3) is 0 Å². The Hall–Kier alpha value is -1.77. The van der Waals surface area contributed by atoms with E-state index in [2.05, 4.69) is 28.3 Å². The zero-order chi connectivity index (χ0) is 17.3. The van der Waals surface area contributed by atoms with Crippen LogP contribution in [0.2, 0.25) is 0 Å². The molecule has 1 aromatic carbocycles. The molecule has 138 valence electrons. The molecule has 0 N–H and O–H groups in total. The van der Waals surface area contributed by atoms with Gasteiger partial charge >= 0.3 is 0 Å². The number of hydrogen-bond acceptors (Lipinski definition) is 3. The molecule has 1 aliphatic heterocycles. The lowest BCUT2D eigenvalue weighted by molar-refractivity contribution is 0.398. The number of hydrogen-bond donors (Lipinski definition) is 0. The Morgan fingerprint density at radius 3 is 2.62 bits per heavy atom. The molecule has 2 aromatic rings. The van der Waals surface area contributed by atoms with Gasteiger partial charge in [-0.3, -0.25) is 0 Å². The lowest BCUT2D eigenvalue weighted by Gasteiger charge is -2.31. The smallest absolute Gasteiger partial charge is 0.147 e. The molecular formula is C23H30N2O.